The third-order valence-electron chi connectivity index (χ3n) is 7.98. The number of H-pyrrole nitrogens is 1. The van der Waals surface area contributed by atoms with Crippen LogP contribution in [0.5, 0.6) is 0 Å². The molecule has 2 fully saturated rings. The lowest BCUT2D eigenvalue weighted by Gasteiger charge is -2.41. The molecule has 0 radical (unpaired) electrons. The Labute approximate surface area is 198 Å². The first-order valence-corrected chi connectivity index (χ1v) is 12.4. The standard InChI is InChI=1S/C26H31F2N5O/c1-17-13-20-19-5-2-3-6-21(19)31-23(20)24(33(17)16-22(27)28)18-14-29-25(30-15-18)32-10-8-26(9-11-32)7-4-12-34-26/h2-3,5-6,14-15,17,22,24,31H,4,7-13,16H2,1H3/t17?,24-/m0/s1. The van der Waals surface area contributed by atoms with Crippen LogP contribution in [0.4, 0.5) is 14.7 Å². The highest BCUT2D eigenvalue weighted by molar-refractivity contribution is 5.85. The van der Waals surface area contributed by atoms with Crippen LogP contribution in [0.1, 0.15) is 55.5 Å². The van der Waals surface area contributed by atoms with E-state index >= 15 is 0 Å². The molecule has 3 aliphatic heterocycles. The first-order chi connectivity index (χ1) is 16.5. The van der Waals surface area contributed by atoms with Crippen LogP contribution < -0.4 is 4.90 Å². The molecule has 180 valence electrons. The fraction of sp³-hybridized carbons (Fsp3) is 0.538. The van der Waals surface area contributed by atoms with Gasteiger partial charge in [-0.25, -0.2) is 18.7 Å². The van der Waals surface area contributed by atoms with Crippen molar-refractivity contribution in [3.63, 3.8) is 0 Å². The van der Waals surface area contributed by atoms with Crippen LogP contribution in [0.25, 0.3) is 10.9 Å². The number of para-hydroxylation sites is 1. The molecule has 0 bridgehead atoms. The summed E-state index contributed by atoms with van der Waals surface area (Å²) in [6.07, 6.45) is 6.28. The van der Waals surface area contributed by atoms with Crippen LogP contribution in [0.15, 0.2) is 36.7 Å². The summed E-state index contributed by atoms with van der Waals surface area (Å²) < 4.78 is 33.2. The summed E-state index contributed by atoms with van der Waals surface area (Å²) >= 11 is 0. The molecule has 8 heteroatoms. The van der Waals surface area contributed by atoms with Crippen LogP contribution in [-0.4, -0.2) is 64.2 Å². The van der Waals surface area contributed by atoms with E-state index in [1.807, 2.05) is 42.4 Å². The maximum Gasteiger partial charge on any atom is 0.251 e. The molecule has 0 amide bonds. The molecule has 5 heterocycles. The van der Waals surface area contributed by atoms with Crippen molar-refractivity contribution in [3.05, 3.63) is 53.5 Å². The van der Waals surface area contributed by atoms with Gasteiger partial charge in [-0.3, -0.25) is 4.90 Å². The SMILES string of the molecule is CC1Cc2c([nH]c3ccccc23)[C@H](c2cnc(N3CCC4(CCCO4)CC3)nc2)N1CC(F)F. The van der Waals surface area contributed by atoms with Gasteiger partial charge in [-0.15, -0.1) is 0 Å². The Bertz CT molecular complexity index is 1150. The van der Waals surface area contributed by atoms with Crippen molar-refractivity contribution in [1.82, 2.24) is 19.9 Å². The van der Waals surface area contributed by atoms with E-state index in [1.165, 1.54) is 10.9 Å². The predicted octanol–water partition coefficient (Wildman–Crippen LogP) is 4.71. The molecule has 2 aromatic heterocycles. The second-order valence-electron chi connectivity index (χ2n) is 10.0. The van der Waals surface area contributed by atoms with Gasteiger partial charge in [-0.2, -0.15) is 0 Å². The summed E-state index contributed by atoms with van der Waals surface area (Å²) in [4.78, 5) is 17.0. The van der Waals surface area contributed by atoms with E-state index < -0.39 is 6.43 Å². The number of aromatic nitrogens is 3. The number of benzene rings is 1. The summed E-state index contributed by atoms with van der Waals surface area (Å²) in [6.45, 7) is 4.38. The molecule has 3 aromatic rings. The molecule has 2 saturated heterocycles. The smallest absolute Gasteiger partial charge is 0.251 e. The number of hydrogen-bond acceptors (Lipinski definition) is 5. The van der Waals surface area contributed by atoms with Crippen molar-refractivity contribution in [2.75, 3.05) is 31.1 Å². The van der Waals surface area contributed by atoms with E-state index in [0.29, 0.717) is 5.95 Å². The highest BCUT2D eigenvalue weighted by atomic mass is 19.3. The maximum atomic E-state index is 13.6. The Balaban J connectivity index is 1.31. The Morgan fingerprint density at radius 3 is 2.62 bits per heavy atom. The number of halogens is 2. The van der Waals surface area contributed by atoms with Gasteiger partial charge >= 0.3 is 0 Å². The minimum absolute atomic E-state index is 0.0184. The molecule has 3 aliphatic rings. The number of piperidine rings is 1. The van der Waals surface area contributed by atoms with Gasteiger partial charge in [0.05, 0.1) is 18.2 Å². The van der Waals surface area contributed by atoms with Gasteiger partial charge in [0.1, 0.15) is 0 Å². The molecule has 0 saturated carbocycles. The summed E-state index contributed by atoms with van der Waals surface area (Å²) in [5.74, 6) is 0.706. The number of alkyl halides is 2. The molecule has 1 spiro atoms. The largest absolute Gasteiger partial charge is 0.375 e. The first-order valence-electron chi connectivity index (χ1n) is 12.4. The van der Waals surface area contributed by atoms with Crippen molar-refractivity contribution < 1.29 is 13.5 Å². The maximum absolute atomic E-state index is 13.6. The number of hydrogen-bond donors (Lipinski definition) is 1. The average Bonchev–Trinajstić information content (AvgIpc) is 3.45. The van der Waals surface area contributed by atoms with E-state index in [2.05, 4.69) is 16.0 Å². The lowest BCUT2D eigenvalue weighted by Crippen LogP contribution is -2.45. The third-order valence-corrected chi connectivity index (χ3v) is 7.98. The van der Waals surface area contributed by atoms with Crippen LogP contribution in [0.3, 0.4) is 0 Å². The van der Waals surface area contributed by atoms with E-state index in [-0.39, 0.29) is 24.2 Å². The second kappa shape index (κ2) is 8.57. The Morgan fingerprint density at radius 2 is 1.91 bits per heavy atom. The Hall–Kier alpha value is -2.58. The summed E-state index contributed by atoms with van der Waals surface area (Å²) in [7, 11) is 0. The van der Waals surface area contributed by atoms with Crippen molar-refractivity contribution in [2.24, 2.45) is 0 Å². The summed E-state index contributed by atoms with van der Waals surface area (Å²) in [6, 6.07) is 7.83. The highest BCUT2D eigenvalue weighted by Crippen LogP contribution is 2.41. The van der Waals surface area contributed by atoms with Crippen LogP contribution in [0, 0.1) is 0 Å². The number of fused-ring (bicyclic) bond motifs is 3. The molecule has 34 heavy (non-hydrogen) atoms. The zero-order valence-corrected chi connectivity index (χ0v) is 19.5. The molecule has 2 atom stereocenters. The van der Waals surface area contributed by atoms with Gasteiger partial charge in [0.15, 0.2) is 0 Å². The molecule has 1 unspecified atom stereocenters. The number of aromatic amines is 1. The molecule has 6 nitrogen and oxygen atoms in total. The predicted molar refractivity (Wildman–Crippen MR) is 127 cm³/mol. The Kier molecular flexibility index (Phi) is 5.53. The van der Waals surface area contributed by atoms with Gasteiger partial charge in [0.25, 0.3) is 6.43 Å². The monoisotopic (exact) mass is 467 g/mol. The lowest BCUT2D eigenvalue weighted by atomic mass is 9.89. The summed E-state index contributed by atoms with van der Waals surface area (Å²) in [5.41, 5.74) is 4.13. The minimum Gasteiger partial charge on any atom is -0.375 e. The van der Waals surface area contributed by atoms with E-state index in [9.17, 15) is 8.78 Å². The second-order valence-corrected chi connectivity index (χ2v) is 10.0. The zero-order valence-electron chi connectivity index (χ0n) is 19.5. The van der Waals surface area contributed by atoms with E-state index in [0.717, 1.165) is 68.6 Å². The number of nitrogens with zero attached hydrogens (tertiary/aromatic N) is 4. The van der Waals surface area contributed by atoms with Gasteiger partial charge in [0.2, 0.25) is 5.95 Å². The zero-order chi connectivity index (χ0) is 23.3. The fourth-order valence-electron chi connectivity index (χ4n) is 6.21. The highest BCUT2D eigenvalue weighted by Gasteiger charge is 2.40. The van der Waals surface area contributed by atoms with Gasteiger partial charge < -0.3 is 14.6 Å². The van der Waals surface area contributed by atoms with Crippen molar-refractivity contribution in [3.8, 4) is 0 Å². The van der Waals surface area contributed by atoms with Crippen LogP contribution in [-0.2, 0) is 11.2 Å². The van der Waals surface area contributed by atoms with Gasteiger partial charge in [0, 0.05) is 60.3 Å². The third kappa shape index (κ3) is 3.77. The lowest BCUT2D eigenvalue weighted by molar-refractivity contribution is -0.0148. The van der Waals surface area contributed by atoms with E-state index in [4.69, 9.17) is 14.7 Å². The van der Waals surface area contributed by atoms with Crippen molar-refractivity contribution in [1.29, 1.82) is 0 Å². The molecule has 6 rings (SSSR count). The van der Waals surface area contributed by atoms with Gasteiger partial charge in [-0.05, 0) is 50.7 Å². The Morgan fingerprint density at radius 1 is 1.15 bits per heavy atom. The molecule has 1 N–H and O–H groups in total. The van der Waals surface area contributed by atoms with E-state index in [1.54, 1.807) is 0 Å². The van der Waals surface area contributed by atoms with Crippen molar-refractivity contribution >= 4 is 16.9 Å². The van der Waals surface area contributed by atoms with Gasteiger partial charge in [-0.1, -0.05) is 18.2 Å². The minimum atomic E-state index is -2.41. The molecule has 1 aromatic carbocycles. The molecular weight excluding hydrogens is 436 g/mol. The first kappa shape index (κ1) is 21.9. The average molecular weight is 468 g/mol. The molecule has 0 aliphatic carbocycles. The number of nitrogens with one attached hydrogen (secondary N) is 1. The number of ether oxygens (including phenoxy) is 1. The normalized spacial score (nSPS) is 24.9. The topological polar surface area (TPSA) is 57.3 Å². The summed E-state index contributed by atoms with van der Waals surface area (Å²) in [5, 5.41) is 1.17. The van der Waals surface area contributed by atoms with Crippen molar-refractivity contribution in [2.45, 2.75) is 63.1 Å². The fourth-order valence-corrected chi connectivity index (χ4v) is 6.21. The van der Waals surface area contributed by atoms with Crippen LogP contribution in [0.2, 0.25) is 0 Å². The van der Waals surface area contributed by atoms with Crippen LogP contribution >= 0.6 is 0 Å². The number of anilines is 1. The quantitative estimate of drug-likeness (QED) is 0.602. The molecular formula is C26H31F2N5O. The number of rotatable bonds is 4.